The van der Waals surface area contributed by atoms with Gasteiger partial charge in [0.25, 0.3) is 0 Å². The number of hydrogen-bond acceptors (Lipinski definition) is 3. The van der Waals surface area contributed by atoms with Gasteiger partial charge in [0.2, 0.25) is 0 Å². The molecule has 1 heterocycles. The predicted molar refractivity (Wildman–Crippen MR) is 88.5 cm³/mol. The van der Waals surface area contributed by atoms with Crippen LogP contribution in [0.3, 0.4) is 0 Å². The lowest BCUT2D eigenvalue weighted by Crippen LogP contribution is -2.25. The van der Waals surface area contributed by atoms with Gasteiger partial charge >= 0.3 is 0 Å². The summed E-state index contributed by atoms with van der Waals surface area (Å²) >= 11 is 12.0. The molecule has 0 aliphatic carbocycles. The topological polar surface area (TPSA) is 42.1 Å². The van der Waals surface area contributed by atoms with Crippen molar-refractivity contribution in [2.75, 3.05) is 13.1 Å². The Kier molecular flexibility index (Phi) is 6.46. The molecule has 2 aromatic rings. The minimum Gasteiger partial charge on any atom is -0.330 e. The van der Waals surface area contributed by atoms with Gasteiger partial charge in [0, 0.05) is 32.0 Å². The fourth-order valence-electron chi connectivity index (χ4n) is 2.17. The van der Waals surface area contributed by atoms with Crippen molar-refractivity contribution in [2.45, 2.75) is 19.5 Å². The highest BCUT2D eigenvalue weighted by molar-refractivity contribution is 6.42. The third-order valence-electron chi connectivity index (χ3n) is 3.22. The Bertz CT molecular complexity index is 561. The minimum absolute atomic E-state index is 0.586. The molecular formula is C16H19Cl2N3. The second-order valence-corrected chi connectivity index (χ2v) is 5.77. The van der Waals surface area contributed by atoms with Crippen LogP contribution in [0.1, 0.15) is 17.5 Å². The molecule has 0 aliphatic rings. The zero-order chi connectivity index (χ0) is 15.1. The first-order valence-corrected chi connectivity index (χ1v) is 7.70. The molecule has 0 saturated carbocycles. The maximum Gasteiger partial charge on any atom is 0.0595 e. The molecule has 0 amide bonds. The van der Waals surface area contributed by atoms with Gasteiger partial charge in [-0.3, -0.25) is 9.88 Å². The van der Waals surface area contributed by atoms with Crippen LogP contribution in [0.25, 0.3) is 0 Å². The normalized spacial score (nSPS) is 11.0. The highest BCUT2D eigenvalue weighted by Gasteiger charge is 2.08. The van der Waals surface area contributed by atoms with Gasteiger partial charge in [0.15, 0.2) is 0 Å². The van der Waals surface area contributed by atoms with E-state index in [1.165, 1.54) is 5.56 Å². The van der Waals surface area contributed by atoms with E-state index in [9.17, 15) is 0 Å². The largest absolute Gasteiger partial charge is 0.330 e. The van der Waals surface area contributed by atoms with Gasteiger partial charge in [-0.25, -0.2) is 0 Å². The summed E-state index contributed by atoms with van der Waals surface area (Å²) in [5.74, 6) is 0. The van der Waals surface area contributed by atoms with Crippen LogP contribution in [-0.4, -0.2) is 23.0 Å². The first kappa shape index (κ1) is 16.2. The summed E-state index contributed by atoms with van der Waals surface area (Å²) in [4.78, 5) is 6.40. The number of halogens is 2. The summed E-state index contributed by atoms with van der Waals surface area (Å²) in [5.41, 5.74) is 8.02. The molecule has 0 radical (unpaired) electrons. The molecule has 0 spiro atoms. The lowest BCUT2D eigenvalue weighted by atomic mass is 10.2. The fraction of sp³-hybridized carbons (Fsp3) is 0.312. The highest BCUT2D eigenvalue weighted by atomic mass is 35.5. The number of nitrogens with zero attached hydrogens (tertiary/aromatic N) is 2. The van der Waals surface area contributed by atoms with Crippen LogP contribution >= 0.6 is 23.2 Å². The first-order chi connectivity index (χ1) is 10.2. The summed E-state index contributed by atoms with van der Waals surface area (Å²) in [7, 11) is 0. The molecule has 2 rings (SSSR count). The summed E-state index contributed by atoms with van der Waals surface area (Å²) in [6.45, 7) is 3.31. The number of nitrogens with two attached hydrogens (primary N) is 1. The number of benzene rings is 1. The summed E-state index contributed by atoms with van der Waals surface area (Å²) in [5, 5.41) is 1.18. The molecule has 21 heavy (non-hydrogen) atoms. The quantitative estimate of drug-likeness (QED) is 0.844. The van der Waals surface area contributed by atoms with Crippen molar-refractivity contribution in [3.05, 3.63) is 63.9 Å². The molecule has 0 bridgehead atoms. The van der Waals surface area contributed by atoms with Crippen molar-refractivity contribution in [1.29, 1.82) is 0 Å². The zero-order valence-electron chi connectivity index (χ0n) is 11.8. The summed E-state index contributed by atoms with van der Waals surface area (Å²) in [6.07, 6.45) is 4.59. The van der Waals surface area contributed by atoms with Gasteiger partial charge in [-0.05, 0) is 48.4 Å². The van der Waals surface area contributed by atoms with E-state index in [4.69, 9.17) is 28.9 Å². The van der Waals surface area contributed by atoms with E-state index in [0.717, 1.165) is 31.6 Å². The van der Waals surface area contributed by atoms with Gasteiger partial charge in [-0.15, -0.1) is 0 Å². The molecule has 0 atom stereocenters. The van der Waals surface area contributed by atoms with Crippen LogP contribution in [0, 0.1) is 0 Å². The molecule has 0 fully saturated rings. The number of hydrogen-bond donors (Lipinski definition) is 1. The fourth-order valence-corrected chi connectivity index (χ4v) is 2.49. The molecule has 1 aromatic heterocycles. The van der Waals surface area contributed by atoms with Crippen molar-refractivity contribution >= 4 is 23.2 Å². The second kappa shape index (κ2) is 8.35. The van der Waals surface area contributed by atoms with Gasteiger partial charge in [-0.2, -0.15) is 0 Å². The maximum absolute atomic E-state index is 6.08. The Morgan fingerprint density at radius 3 is 2.33 bits per heavy atom. The Labute approximate surface area is 135 Å². The second-order valence-electron chi connectivity index (χ2n) is 4.96. The van der Waals surface area contributed by atoms with E-state index in [0.29, 0.717) is 16.6 Å². The average Bonchev–Trinajstić information content (AvgIpc) is 2.49. The van der Waals surface area contributed by atoms with Crippen LogP contribution in [0.5, 0.6) is 0 Å². The van der Waals surface area contributed by atoms with Crippen molar-refractivity contribution in [2.24, 2.45) is 5.73 Å². The number of rotatable bonds is 7. The number of aromatic nitrogens is 1. The molecule has 112 valence electrons. The molecule has 0 unspecified atom stereocenters. The van der Waals surface area contributed by atoms with Crippen molar-refractivity contribution in [3.63, 3.8) is 0 Å². The van der Waals surface area contributed by atoms with E-state index in [2.05, 4.69) is 9.88 Å². The van der Waals surface area contributed by atoms with Crippen molar-refractivity contribution < 1.29 is 0 Å². The minimum atomic E-state index is 0.586. The number of pyridine rings is 1. The SMILES string of the molecule is NCCCN(Cc1ccncc1)Cc1ccc(Cl)c(Cl)c1. The van der Waals surface area contributed by atoms with Crippen molar-refractivity contribution in [3.8, 4) is 0 Å². The van der Waals surface area contributed by atoms with Gasteiger partial charge in [-0.1, -0.05) is 29.3 Å². The highest BCUT2D eigenvalue weighted by Crippen LogP contribution is 2.23. The first-order valence-electron chi connectivity index (χ1n) is 6.94. The van der Waals surface area contributed by atoms with Crippen LogP contribution < -0.4 is 5.73 Å². The smallest absolute Gasteiger partial charge is 0.0595 e. The molecule has 2 N–H and O–H groups in total. The Hall–Kier alpha value is -1.13. The van der Waals surface area contributed by atoms with Gasteiger partial charge in [0.05, 0.1) is 10.0 Å². The summed E-state index contributed by atoms with van der Waals surface area (Å²) in [6, 6.07) is 9.84. The van der Waals surface area contributed by atoms with Crippen LogP contribution in [-0.2, 0) is 13.1 Å². The maximum atomic E-state index is 6.08. The average molecular weight is 324 g/mol. The van der Waals surface area contributed by atoms with Gasteiger partial charge in [0.1, 0.15) is 0 Å². The third kappa shape index (κ3) is 5.29. The molecular weight excluding hydrogens is 305 g/mol. The predicted octanol–water partition coefficient (Wildman–Crippen LogP) is 3.74. The molecule has 1 aromatic carbocycles. The monoisotopic (exact) mass is 323 g/mol. The third-order valence-corrected chi connectivity index (χ3v) is 3.96. The standard InChI is InChI=1S/C16H19Cl2N3/c17-15-3-2-14(10-16(15)18)12-21(9-1-6-19)11-13-4-7-20-8-5-13/h2-5,7-8,10H,1,6,9,11-12,19H2. The van der Waals surface area contributed by atoms with Crippen LogP contribution in [0.4, 0.5) is 0 Å². The van der Waals surface area contributed by atoms with Crippen LogP contribution in [0.2, 0.25) is 10.0 Å². The Morgan fingerprint density at radius 2 is 1.67 bits per heavy atom. The zero-order valence-corrected chi connectivity index (χ0v) is 13.3. The summed E-state index contributed by atoms with van der Waals surface area (Å²) < 4.78 is 0. The molecule has 3 nitrogen and oxygen atoms in total. The Balaban J connectivity index is 2.06. The van der Waals surface area contributed by atoms with Gasteiger partial charge < -0.3 is 5.73 Å². The van der Waals surface area contributed by atoms with E-state index in [1.54, 1.807) is 0 Å². The Morgan fingerprint density at radius 1 is 0.952 bits per heavy atom. The van der Waals surface area contributed by atoms with E-state index >= 15 is 0 Å². The molecule has 0 aliphatic heterocycles. The lowest BCUT2D eigenvalue weighted by molar-refractivity contribution is 0.255. The molecule has 5 heteroatoms. The van der Waals surface area contributed by atoms with Crippen LogP contribution in [0.15, 0.2) is 42.7 Å². The van der Waals surface area contributed by atoms with E-state index < -0.39 is 0 Å². The lowest BCUT2D eigenvalue weighted by Gasteiger charge is -2.22. The van der Waals surface area contributed by atoms with E-state index in [-0.39, 0.29) is 0 Å². The van der Waals surface area contributed by atoms with Crippen molar-refractivity contribution in [1.82, 2.24) is 9.88 Å². The molecule has 0 saturated heterocycles. The van der Waals surface area contributed by atoms with E-state index in [1.807, 2.05) is 42.7 Å².